The second-order valence-electron chi connectivity index (χ2n) is 8.16. The molecule has 3 heterocycles. The SMILES string of the molecule is CC(C)N(C(=O)N1C2CCC1CC(C#N)(c1cncc(Cl)c1)C2)C(C)C. The largest absolute Gasteiger partial charge is 0.320 e. The number of hydrogen-bond donors (Lipinski definition) is 0. The number of aromatic nitrogens is 1. The lowest BCUT2D eigenvalue weighted by atomic mass is 9.71. The Balaban J connectivity index is 1.89. The molecule has 2 atom stereocenters. The molecule has 6 heteroatoms. The molecule has 2 fully saturated rings. The third-order valence-electron chi connectivity index (χ3n) is 5.81. The summed E-state index contributed by atoms with van der Waals surface area (Å²) in [7, 11) is 0. The minimum absolute atomic E-state index is 0.0971. The predicted molar refractivity (Wildman–Crippen MR) is 102 cm³/mol. The highest BCUT2D eigenvalue weighted by Gasteiger charge is 2.52. The summed E-state index contributed by atoms with van der Waals surface area (Å²) < 4.78 is 0. The lowest BCUT2D eigenvalue weighted by Crippen LogP contribution is -2.58. The summed E-state index contributed by atoms with van der Waals surface area (Å²) >= 11 is 6.12. The lowest BCUT2D eigenvalue weighted by molar-refractivity contribution is 0.0767. The van der Waals surface area contributed by atoms with E-state index in [1.165, 1.54) is 0 Å². The van der Waals surface area contributed by atoms with E-state index in [9.17, 15) is 10.1 Å². The second-order valence-corrected chi connectivity index (χ2v) is 8.60. The van der Waals surface area contributed by atoms with E-state index in [0.717, 1.165) is 18.4 Å². The van der Waals surface area contributed by atoms with Crippen LogP contribution in [0, 0.1) is 11.3 Å². The van der Waals surface area contributed by atoms with Crippen molar-refractivity contribution in [3.8, 4) is 6.07 Å². The number of nitrogens with zero attached hydrogens (tertiary/aromatic N) is 4. The van der Waals surface area contributed by atoms with Crippen molar-refractivity contribution < 1.29 is 4.79 Å². The molecule has 2 unspecified atom stereocenters. The van der Waals surface area contributed by atoms with Crippen molar-refractivity contribution in [2.24, 2.45) is 0 Å². The third-order valence-corrected chi connectivity index (χ3v) is 6.02. The van der Waals surface area contributed by atoms with Crippen LogP contribution < -0.4 is 0 Å². The van der Waals surface area contributed by atoms with Crippen LogP contribution in [0.2, 0.25) is 5.02 Å². The maximum Gasteiger partial charge on any atom is 0.320 e. The third kappa shape index (κ3) is 3.16. The second kappa shape index (κ2) is 7.08. The lowest BCUT2D eigenvalue weighted by Gasteiger charge is -2.46. The van der Waals surface area contributed by atoms with E-state index >= 15 is 0 Å². The van der Waals surface area contributed by atoms with Crippen molar-refractivity contribution in [1.29, 1.82) is 5.26 Å². The number of fused-ring (bicyclic) bond motifs is 2. The van der Waals surface area contributed by atoms with E-state index in [1.54, 1.807) is 12.4 Å². The monoisotopic (exact) mass is 374 g/mol. The normalized spacial score (nSPS) is 27.7. The maximum absolute atomic E-state index is 13.3. The van der Waals surface area contributed by atoms with Crippen LogP contribution in [0.25, 0.3) is 0 Å². The zero-order chi connectivity index (χ0) is 19.1. The molecule has 0 N–H and O–H groups in total. The molecule has 3 rings (SSSR count). The van der Waals surface area contributed by atoms with Gasteiger partial charge in [0.15, 0.2) is 0 Å². The van der Waals surface area contributed by atoms with E-state index in [1.807, 2.05) is 15.9 Å². The van der Waals surface area contributed by atoms with Crippen molar-refractivity contribution in [2.75, 3.05) is 0 Å². The Bertz CT molecular complexity index is 705. The highest BCUT2D eigenvalue weighted by molar-refractivity contribution is 6.30. The van der Waals surface area contributed by atoms with Gasteiger partial charge in [-0.15, -0.1) is 0 Å². The first-order valence-electron chi connectivity index (χ1n) is 9.42. The summed E-state index contributed by atoms with van der Waals surface area (Å²) in [5, 5.41) is 10.6. The number of carbonyl (C=O) groups is 1. The van der Waals surface area contributed by atoms with Gasteiger partial charge in [0, 0.05) is 36.6 Å². The molecule has 1 aromatic heterocycles. The van der Waals surface area contributed by atoms with Gasteiger partial charge in [0.2, 0.25) is 0 Å². The van der Waals surface area contributed by atoms with E-state index < -0.39 is 5.41 Å². The summed E-state index contributed by atoms with van der Waals surface area (Å²) in [5.41, 5.74) is 0.266. The summed E-state index contributed by atoms with van der Waals surface area (Å²) in [5.74, 6) is 0. The molecule has 2 saturated heterocycles. The van der Waals surface area contributed by atoms with E-state index in [0.29, 0.717) is 17.9 Å². The number of pyridine rings is 1. The molecular formula is C20H27ClN4O. The molecule has 2 aliphatic heterocycles. The van der Waals surface area contributed by atoms with Gasteiger partial charge in [-0.3, -0.25) is 4.98 Å². The molecule has 0 aromatic carbocycles. The zero-order valence-electron chi connectivity index (χ0n) is 15.9. The van der Waals surface area contributed by atoms with Crippen LogP contribution in [0.4, 0.5) is 4.79 Å². The maximum atomic E-state index is 13.3. The highest BCUT2D eigenvalue weighted by Crippen LogP contribution is 2.47. The number of halogens is 1. The van der Waals surface area contributed by atoms with E-state index in [-0.39, 0.29) is 30.2 Å². The van der Waals surface area contributed by atoms with Crippen LogP contribution in [0.3, 0.4) is 0 Å². The molecule has 1 aromatic rings. The van der Waals surface area contributed by atoms with Gasteiger partial charge < -0.3 is 9.80 Å². The number of piperidine rings is 1. The van der Waals surface area contributed by atoms with E-state index in [4.69, 9.17) is 11.6 Å². The predicted octanol–water partition coefficient (Wildman–Crippen LogP) is 4.36. The minimum atomic E-state index is -0.610. The average molecular weight is 375 g/mol. The van der Waals surface area contributed by atoms with Crippen molar-refractivity contribution >= 4 is 17.6 Å². The molecule has 0 aliphatic carbocycles. The molecule has 26 heavy (non-hydrogen) atoms. The van der Waals surface area contributed by atoms with Crippen LogP contribution in [0.1, 0.15) is 58.9 Å². The number of hydrogen-bond acceptors (Lipinski definition) is 3. The molecule has 2 amide bonds. The quantitative estimate of drug-likeness (QED) is 0.789. The molecule has 2 bridgehead atoms. The van der Waals surface area contributed by atoms with Crippen LogP contribution in [0.5, 0.6) is 0 Å². The van der Waals surface area contributed by atoms with Gasteiger partial charge in [0.05, 0.1) is 16.5 Å². The first kappa shape index (κ1) is 19.0. The van der Waals surface area contributed by atoms with E-state index in [2.05, 4.69) is 38.7 Å². The molecule has 0 saturated carbocycles. The Morgan fingerprint density at radius 3 is 2.31 bits per heavy atom. The fourth-order valence-corrected chi connectivity index (χ4v) is 4.97. The number of urea groups is 1. The fraction of sp³-hybridized carbons (Fsp3) is 0.650. The Morgan fingerprint density at radius 2 is 1.85 bits per heavy atom. The van der Waals surface area contributed by atoms with Gasteiger partial charge in [-0.05, 0) is 65.0 Å². The van der Waals surface area contributed by atoms with Gasteiger partial charge in [0.25, 0.3) is 0 Å². The highest BCUT2D eigenvalue weighted by atomic mass is 35.5. The van der Waals surface area contributed by atoms with Gasteiger partial charge >= 0.3 is 6.03 Å². The fourth-order valence-electron chi connectivity index (χ4n) is 4.80. The van der Waals surface area contributed by atoms with Crippen molar-refractivity contribution in [3.63, 3.8) is 0 Å². The Morgan fingerprint density at radius 1 is 1.27 bits per heavy atom. The number of rotatable bonds is 3. The van der Waals surface area contributed by atoms with Crippen LogP contribution in [-0.2, 0) is 5.41 Å². The summed E-state index contributed by atoms with van der Waals surface area (Å²) in [6, 6.07) is 5.01. The molecule has 140 valence electrons. The standard InChI is InChI=1S/C20H27ClN4O/c1-13(2)24(14(3)4)19(26)25-17-5-6-18(25)9-20(8-17,12-22)15-7-16(21)11-23-10-15/h7,10-11,13-14,17-18H,5-6,8-9H2,1-4H3. The average Bonchev–Trinajstić information content (AvgIpc) is 2.85. The van der Waals surface area contributed by atoms with Gasteiger partial charge in [-0.1, -0.05) is 11.6 Å². The van der Waals surface area contributed by atoms with Gasteiger partial charge in [-0.2, -0.15) is 5.26 Å². The number of nitriles is 1. The smallest absolute Gasteiger partial charge is 0.320 e. The topological polar surface area (TPSA) is 60.2 Å². The van der Waals surface area contributed by atoms with Crippen molar-refractivity contribution in [1.82, 2.24) is 14.8 Å². The first-order valence-corrected chi connectivity index (χ1v) is 9.80. The molecule has 2 aliphatic rings. The summed E-state index contributed by atoms with van der Waals surface area (Å²) in [6.07, 6.45) is 6.55. The molecule has 0 radical (unpaired) electrons. The summed E-state index contributed by atoms with van der Waals surface area (Å²) in [6.45, 7) is 8.23. The Hall–Kier alpha value is -1.80. The molecule has 0 spiro atoms. The summed E-state index contributed by atoms with van der Waals surface area (Å²) in [4.78, 5) is 21.4. The van der Waals surface area contributed by atoms with Crippen LogP contribution >= 0.6 is 11.6 Å². The minimum Gasteiger partial charge on any atom is -0.320 e. The Kier molecular flexibility index (Phi) is 5.16. The van der Waals surface area contributed by atoms with Crippen LogP contribution in [-0.4, -0.2) is 45.0 Å². The van der Waals surface area contributed by atoms with Crippen LogP contribution in [0.15, 0.2) is 18.5 Å². The first-order chi connectivity index (χ1) is 12.3. The Labute approximate surface area is 160 Å². The van der Waals surface area contributed by atoms with Crippen molar-refractivity contribution in [3.05, 3.63) is 29.0 Å². The number of amides is 2. The van der Waals surface area contributed by atoms with Crippen molar-refractivity contribution in [2.45, 2.75) is 83.0 Å². The molecular weight excluding hydrogens is 348 g/mol. The zero-order valence-corrected chi connectivity index (χ0v) is 16.7. The van der Waals surface area contributed by atoms with Gasteiger partial charge in [0.1, 0.15) is 0 Å². The van der Waals surface area contributed by atoms with Gasteiger partial charge in [-0.25, -0.2) is 4.79 Å². The molecule has 5 nitrogen and oxygen atoms in total. The number of carbonyl (C=O) groups excluding carboxylic acids is 1.